The first kappa shape index (κ1) is 27.3. The molecule has 0 saturated heterocycles. The number of carbonyl (C=O) groups is 2. The molecule has 1 atom stereocenters. The summed E-state index contributed by atoms with van der Waals surface area (Å²) in [7, 11) is -1.38. The van der Waals surface area contributed by atoms with Crippen LogP contribution in [0.3, 0.4) is 0 Å². The van der Waals surface area contributed by atoms with Crippen LogP contribution < -0.4 is 9.62 Å². The molecule has 2 amide bonds. The van der Waals surface area contributed by atoms with Gasteiger partial charge in [0.15, 0.2) is 0 Å². The van der Waals surface area contributed by atoms with Crippen LogP contribution in [0.1, 0.15) is 31.4 Å². The van der Waals surface area contributed by atoms with Crippen LogP contribution in [0.5, 0.6) is 0 Å². The number of hydrogen-bond acceptors (Lipinski definition) is 4. The number of rotatable bonds is 11. The molecule has 0 saturated carbocycles. The second kappa shape index (κ2) is 11.9. The summed E-state index contributed by atoms with van der Waals surface area (Å²) >= 11 is 0. The lowest BCUT2D eigenvalue weighted by Crippen LogP contribution is -2.53. The van der Waals surface area contributed by atoms with Crippen molar-refractivity contribution in [1.29, 1.82) is 0 Å². The van der Waals surface area contributed by atoms with Crippen molar-refractivity contribution in [1.82, 2.24) is 14.5 Å². The van der Waals surface area contributed by atoms with Crippen LogP contribution >= 0.6 is 0 Å². The zero-order valence-electron chi connectivity index (χ0n) is 20.3. The molecule has 34 heavy (non-hydrogen) atoms. The van der Waals surface area contributed by atoms with Gasteiger partial charge in [-0.2, -0.15) is 12.7 Å². The van der Waals surface area contributed by atoms with Gasteiger partial charge in [0.25, 0.3) is 0 Å². The van der Waals surface area contributed by atoms with Gasteiger partial charge in [-0.1, -0.05) is 36.8 Å². The number of nitrogens with one attached hydrogen (secondary N) is 1. The summed E-state index contributed by atoms with van der Waals surface area (Å²) < 4.78 is 41.5. The molecule has 0 aliphatic heterocycles. The number of anilines is 1. The highest BCUT2D eigenvalue weighted by Gasteiger charge is 2.33. The monoisotopic (exact) mass is 492 g/mol. The summed E-state index contributed by atoms with van der Waals surface area (Å²) in [5, 5.41) is 2.75. The summed E-state index contributed by atoms with van der Waals surface area (Å²) in [4.78, 5) is 27.8. The molecule has 1 N–H and O–H groups in total. The van der Waals surface area contributed by atoms with Gasteiger partial charge in [0, 0.05) is 27.2 Å². The Morgan fingerprint density at radius 1 is 1.06 bits per heavy atom. The second-order valence-corrected chi connectivity index (χ2v) is 10.2. The molecule has 0 aliphatic carbocycles. The fourth-order valence-corrected chi connectivity index (χ4v) is 4.60. The van der Waals surface area contributed by atoms with Crippen molar-refractivity contribution in [2.24, 2.45) is 0 Å². The first-order valence-electron chi connectivity index (χ1n) is 11.1. The van der Waals surface area contributed by atoms with Crippen molar-refractivity contribution in [2.75, 3.05) is 31.5 Å². The molecule has 2 aromatic rings. The molecular weight excluding hydrogens is 459 g/mol. The van der Waals surface area contributed by atoms with E-state index in [1.807, 2.05) is 31.2 Å². The molecule has 2 rings (SSSR count). The number of aryl methyl sites for hydroxylation is 1. The fourth-order valence-electron chi connectivity index (χ4n) is 3.54. The quantitative estimate of drug-likeness (QED) is 0.522. The van der Waals surface area contributed by atoms with Gasteiger partial charge in [-0.05, 0) is 50.1 Å². The number of halogens is 1. The lowest BCUT2D eigenvalue weighted by molar-refractivity contribution is -0.140. The lowest BCUT2D eigenvalue weighted by Gasteiger charge is -2.33. The van der Waals surface area contributed by atoms with Gasteiger partial charge in [-0.3, -0.25) is 9.59 Å². The summed E-state index contributed by atoms with van der Waals surface area (Å²) in [6, 6.07) is 11.6. The van der Waals surface area contributed by atoms with E-state index in [-0.39, 0.29) is 18.1 Å². The maximum atomic E-state index is 13.6. The molecule has 0 spiro atoms. The van der Waals surface area contributed by atoms with Gasteiger partial charge >= 0.3 is 10.2 Å². The third kappa shape index (κ3) is 6.77. The van der Waals surface area contributed by atoms with Gasteiger partial charge in [0.05, 0.1) is 5.69 Å². The molecule has 8 nitrogen and oxygen atoms in total. The van der Waals surface area contributed by atoms with E-state index in [1.165, 1.54) is 31.1 Å². The topological polar surface area (TPSA) is 90.0 Å². The summed E-state index contributed by atoms with van der Waals surface area (Å²) in [5.74, 6) is -1.38. The van der Waals surface area contributed by atoms with Crippen molar-refractivity contribution >= 4 is 27.7 Å². The summed E-state index contributed by atoms with van der Waals surface area (Å²) in [6.45, 7) is 5.50. The number of carbonyl (C=O) groups excluding carboxylic acids is 2. The molecule has 186 valence electrons. The largest absolute Gasteiger partial charge is 0.355 e. The van der Waals surface area contributed by atoms with E-state index in [9.17, 15) is 22.4 Å². The highest BCUT2D eigenvalue weighted by atomic mass is 32.2. The predicted molar refractivity (Wildman–Crippen MR) is 131 cm³/mol. The second-order valence-electron chi connectivity index (χ2n) is 8.10. The zero-order valence-corrected chi connectivity index (χ0v) is 21.1. The van der Waals surface area contributed by atoms with Crippen LogP contribution in [0.4, 0.5) is 10.1 Å². The molecule has 2 aromatic carbocycles. The molecule has 0 aliphatic rings. The smallest absolute Gasteiger partial charge is 0.304 e. The van der Waals surface area contributed by atoms with Crippen LogP contribution in [0.2, 0.25) is 0 Å². The summed E-state index contributed by atoms with van der Waals surface area (Å²) in [5.41, 5.74) is 1.96. The van der Waals surface area contributed by atoms with E-state index in [1.54, 1.807) is 13.8 Å². The Hall–Kier alpha value is -2.98. The van der Waals surface area contributed by atoms with Gasteiger partial charge in [0.1, 0.15) is 18.4 Å². The van der Waals surface area contributed by atoms with Crippen molar-refractivity contribution in [3.05, 3.63) is 65.5 Å². The molecule has 10 heteroatoms. The van der Waals surface area contributed by atoms with Crippen LogP contribution in [-0.2, 0) is 26.3 Å². The van der Waals surface area contributed by atoms with Crippen LogP contribution in [-0.4, -0.2) is 62.7 Å². The SMILES string of the molecule is CCNC(=O)[C@@H](CC)N(Cc1cccc(C)c1)C(=O)CN(c1ccc(F)cc1)S(=O)(=O)N(C)C. The highest BCUT2D eigenvalue weighted by molar-refractivity contribution is 7.90. The van der Waals surface area contributed by atoms with Crippen LogP contribution in [0, 0.1) is 12.7 Å². The normalized spacial score (nSPS) is 12.3. The Morgan fingerprint density at radius 3 is 2.24 bits per heavy atom. The fraction of sp³-hybridized carbons (Fsp3) is 0.417. The maximum Gasteiger partial charge on any atom is 0.304 e. The number of likely N-dealkylation sites (N-methyl/N-ethyl adjacent to an activating group) is 1. The van der Waals surface area contributed by atoms with Crippen molar-refractivity contribution in [3.8, 4) is 0 Å². The standard InChI is InChI=1S/C24H33FN4O4S/c1-6-22(24(31)26-7-2)28(16-19-10-8-9-18(3)15-19)23(30)17-29(34(32,33)27(4)5)21-13-11-20(25)12-14-21/h8-15,22H,6-7,16-17H2,1-5H3,(H,26,31)/t22-/m1/s1. The predicted octanol–water partition coefficient (Wildman–Crippen LogP) is 2.69. The molecule has 0 bridgehead atoms. The van der Waals surface area contributed by atoms with Crippen LogP contribution in [0.15, 0.2) is 48.5 Å². The first-order valence-corrected chi connectivity index (χ1v) is 12.5. The molecule has 0 aromatic heterocycles. The van der Waals surface area contributed by atoms with Crippen LogP contribution in [0.25, 0.3) is 0 Å². The maximum absolute atomic E-state index is 13.6. The van der Waals surface area contributed by atoms with E-state index in [0.29, 0.717) is 13.0 Å². The Bertz CT molecular complexity index is 1090. The molecule has 0 heterocycles. The van der Waals surface area contributed by atoms with E-state index < -0.39 is 34.5 Å². The van der Waals surface area contributed by atoms with Gasteiger partial charge < -0.3 is 10.2 Å². The minimum absolute atomic E-state index is 0.134. The number of amides is 2. The minimum Gasteiger partial charge on any atom is -0.355 e. The Kier molecular flexibility index (Phi) is 9.57. The van der Waals surface area contributed by atoms with Gasteiger partial charge in [-0.15, -0.1) is 0 Å². The third-order valence-corrected chi connectivity index (χ3v) is 7.13. The first-order chi connectivity index (χ1) is 16.0. The lowest BCUT2D eigenvalue weighted by atomic mass is 10.1. The van der Waals surface area contributed by atoms with E-state index in [0.717, 1.165) is 31.9 Å². The molecular formula is C24H33FN4O4S. The van der Waals surface area contributed by atoms with Gasteiger partial charge in [0.2, 0.25) is 11.8 Å². The summed E-state index contributed by atoms with van der Waals surface area (Å²) in [6.07, 6.45) is 0.348. The van der Waals surface area contributed by atoms with Crippen molar-refractivity contribution < 1.29 is 22.4 Å². The number of hydrogen-bond donors (Lipinski definition) is 1. The van der Waals surface area contributed by atoms with E-state index in [2.05, 4.69) is 5.32 Å². The molecule has 0 radical (unpaired) electrons. The number of benzene rings is 2. The number of nitrogens with zero attached hydrogens (tertiary/aromatic N) is 3. The average molecular weight is 493 g/mol. The van der Waals surface area contributed by atoms with Gasteiger partial charge in [-0.25, -0.2) is 8.70 Å². The highest BCUT2D eigenvalue weighted by Crippen LogP contribution is 2.22. The van der Waals surface area contributed by atoms with Crippen molar-refractivity contribution in [2.45, 2.75) is 39.8 Å². The third-order valence-electron chi connectivity index (χ3n) is 5.31. The van der Waals surface area contributed by atoms with E-state index in [4.69, 9.17) is 0 Å². The Balaban J connectivity index is 2.49. The minimum atomic E-state index is -4.08. The Labute approximate surface area is 201 Å². The molecule has 0 fully saturated rings. The molecule has 0 unspecified atom stereocenters. The zero-order chi connectivity index (χ0) is 25.5. The van der Waals surface area contributed by atoms with E-state index >= 15 is 0 Å². The van der Waals surface area contributed by atoms with Crippen molar-refractivity contribution in [3.63, 3.8) is 0 Å². The Morgan fingerprint density at radius 2 is 1.71 bits per heavy atom. The average Bonchev–Trinajstić information content (AvgIpc) is 2.78.